The molecule has 1 rings (SSSR count). The summed E-state index contributed by atoms with van der Waals surface area (Å²) >= 11 is -2.30. The maximum Gasteiger partial charge on any atom is 1.00 e. The van der Waals surface area contributed by atoms with Gasteiger partial charge in [0.2, 0.25) is 0 Å². The summed E-state index contributed by atoms with van der Waals surface area (Å²) in [6, 6.07) is 5.76. The fraction of sp³-hybridized carbons (Fsp3) is 0.143. The molecule has 1 unspecified atom stereocenters. The van der Waals surface area contributed by atoms with E-state index in [1.807, 2.05) is 0 Å². The van der Waals surface area contributed by atoms with Crippen molar-refractivity contribution in [2.24, 2.45) is 0 Å². The molecule has 0 aromatic heterocycles. The van der Waals surface area contributed by atoms with Crippen molar-refractivity contribution in [3.05, 3.63) is 39.9 Å². The number of hydrogen-bond acceptors (Lipinski definition) is 4. The van der Waals surface area contributed by atoms with Crippen LogP contribution in [0.4, 0.5) is 5.69 Å². The minimum Gasteiger partial charge on any atom is -0.772 e. The molecule has 7 heteroatoms. The molecule has 0 aliphatic rings. The molecular weight excluding hydrogens is 217 g/mol. The van der Waals surface area contributed by atoms with Crippen LogP contribution in [0.1, 0.15) is 5.56 Å². The molecule has 0 amide bonds. The minimum atomic E-state index is -2.30. The Hall–Kier alpha value is -0.270. The molecule has 1 aromatic rings. The monoisotopic (exact) mass is 223 g/mol. The van der Waals surface area contributed by atoms with E-state index in [1.54, 1.807) is 6.07 Å². The molecule has 1 atom stereocenters. The van der Waals surface area contributed by atoms with Gasteiger partial charge in [0.15, 0.2) is 0 Å². The van der Waals surface area contributed by atoms with E-state index in [0.29, 0.717) is 0 Å². The zero-order valence-electron chi connectivity index (χ0n) is 7.50. The van der Waals surface area contributed by atoms with Gasteiger partial charge < -0.3 is 4.55 Å². The van der Waals surface area contributed by atoms with Gasteiger partial charge in [-0.15, -0.1) is 0 Å². The predicted molar refractivity (Wildman–Crippen MR) is 45.7 cm³/mol. The standard InChI is InChI=1S/C7H7NO4S.Na/c9-8(10)7-4-2-1-3-6(7)5-13(11)12;/h1-4H,5H2,(H,11,12);/q;+1/p-1. The molecule has 0 N–H and O–H groups in total. The molecule has 0 saturated carbocycles. The molecule has 0 bridgehead atoms. The number of benzene rings is 1. The maximum atomic E-state index is 10.4. The van der Waals surface area contributed by atoms with Gasteiger partial charge in [0.1, 0.15) is 0 Å². The summed E-state index contributed by atoms with van der Waals surface area (Å²) < 4.78 is 20.6. The van der Waals surface area contributed by atoms with Crippen molar-refractivity contribution in [1.82, 2.24) is 0 Å². The third kappa shape index (κ3) is 3.85. The largest absolute Gasteiger partial charge is 1.00 e. The first-order valence-electron chi connectivity index (χ1n) is 3.39. The van der Waals surface area contributed by atoms with Gasteiger partial charge in [-0.05, 0) is 0 Å². The van der Waals surface area contributed by atoms with Crippen LogP contribution in [-0.2, 0) is 16.8 Å². The molecule has 0 heterocycles. The third-order valence-corrected chi connectivity index (χ3v) is 2.01. The van der Waals surface area contributed by atoms with Crippen molar-refractivity contribution in [1.29, 1.82) is 0 Å². The Balaban J connectivity index is 0.00000169. The Bertz CT molecular complexity index is 357. The van der Waals surface area contributed by atoms with Crippen LogP contribution in [0.3, 0.4) is 0 Å². The topological polar surface area (TPSA) is 83.3 Å². The summed E-state index contributed by atoms with van der Waals surface area (Å²) in [7, 11) is 0. The average Bonchev–Trinajstić information content (AvgIpc) is 2.03. The van der Waals surface area contributed by atoms with Crippen molar-refractivity contribution in [2.75, 3.05) is 0 Å². The van der Waals surface area contributed by atoms with E-state index < -0.39 is 16.0 Å². The SMILES string of the molecule is O=[N+]([O-])c1ccccc1CS(=O)[O-].[Na+]. The van der Waals surface area contributed by atoms with Gasteiger partial charge in [0, 0.05) is 17.4 Å². The van der Waals surface area contributed by atoms with Crippen LogP contribution in [0.15, 0.2) is 24.3 Å². The van der Waals surface area contributed by atoms with Crippen LogP contribution in [0.2, 0.25) is 0 Å². The molecule has 5 nitrogen and oxygen atoms in total. The summed E-state index contributed by atoms with van der Waals surface area (Å²) in [5.74, 6) is -0.322. The van der Waals surface area contributed by atoms with Crippen LogP contribution in [0.5, 0.6) is 0 Å². The summed E-state index contributed by atoms with van der Waals surface area (Å²) in [5.41, 5.74) is 0.0486. The van der Waals surface area contributed by atoms with E-state index in [0.717, 1.165) is 0 Å². The second kappa shape index (κ2) is 6.26. The van der Waals surface area contributed by atoms with E-state index >= 15 is 0 Å². The molecule has 0 fully saturated rings. The van der Waals surface area contributed by atoms with E-state index in [9.17, 15) is 18.9 Å². The Morgan fingerprint density at radius 3 is 2.43 bits per heavy atom. The van der Waals surface area contributed by atoms with Gasteiger partial charge in [-0.1, -0.05) is 29.3 Å². The van der Waals surface area contributed by atoms with Gasteiger partial charge in [-0.25, -0.2) is 0 Å². The van der Waals surface area contributed by atoms with Crippen molar-refractivity contribution >= 4 is 16.8 Å². The van der Waals surface area contributed by atoms with Gasteiger partial charge in [0.05, 0.1) is 4.92 Å². The molecule has 14 heavy (non-hydrogen) atoms. The zero-order valence-corrected chi connectivity index (χ0v) is 10.3. The normalized spacial score (nSPS) is 11.5. The predicted octanol–water partition coefficient (Wildman–Crippen LogP) is -2.02. The summed E-state index contributed by atoms with van der Waals surface area (Å²) in [6.07, 6.45) is 0. The Kier molecular flexibility index (Phi) is 6.14. The van der Waals surface area contributed by atoms with E-state index in [4.69, 9.17) is 0 Å². The number of nitro groups is 1. The minimum absolute atomic E-state index is 0. The van der Waals surface area contributed by atoms with Gasteiger partial charge in [-0.3, -0.25) is 14.3 Å². The first kappa shape index (κ1) is 13.7. The average molecular weight is 223 g/mol. The fourth-order valence-electron chi connectivity index (χ4n) is 0.938. The van der Waals surface area contributed by atoms with Crippen LogP contribution >= 0.6 is 0 Å². The molecular formula is C7H6NNaO4S. The van der Waals surface area contributed by atoms with Crippen LogP contribution in [0.25, 0.3) is 0 Å². The molecule has 70 valence electrons. The zero-order chi connectivity index (χ0) is 9.84. The molecule has 0 aliphatic carbocycles. The van der Waals surface area contributed by atoms with Crippen LogP contribution in [-0.4, -0.2) is 13.7 Å². The quantitative estimate of drug-likeness (QED) is 0.256. The summed E-state index contributed by atoms with van der Waals surface area (Å²) in [6.45, 7) is 0. The molecule has 0 radical (unpaired) electrons. The smallest absolute Gasteiger partial charge is 0.772 e. The second-order valence-corrected chi connectivity index (χ2v) is 3.23. The molecule has 0 aliphatic heterocycles. The summed E-state index contributed by atoms with van der Waals surface area (Å²) in [4.78, 5) is 9.81. The molecule has 0 spiro atoms. The van der Waals surface area contributed by atoms with Gasteiger partial charge >= 0.3 is 29.6 Å². The van der Waals surface area contributed by atoms with Crippen LogP contribution in [0, 0.1) is 10.1 Å². The first-order chi connectivity index (χ1) is 6.11. The number of rotatable bonds is 3. The van der Waals surface area contributed by atoms with Crippen molar-refractivity contribution in [3.8, 4) is 0 Å². The second-order valence-electron chi connectivity index (χ2n) is 2.33. The van der Waals surface area contributed by atoms with Gasteiger partial charge in [-0.2, -0.15) is 0 Å². The number of nitrogens with zero attached hydrogens (tertiary/aromatic N) is 1. The Labute approximate surface area is 105 Å². The Morgan fingerprint density at radius 1 is 1.36 bits per heavy atom. The molecule has 0 saturated heterocycles. The molecule has 1 aromatic carbocycles. The van der Waals surface area contributed by atoms with Crippen molar-refractivity contribution in [2.45, 2.75) is 5.75 Å². The van der Waals surface area contributed by atoms with Crippen LogP contribution < -0.4 is 29.6 Å². The van der Waals surface area contributed by atoms with E-state index in [2.05, 4.69) is 0 Å². The van der Waals surface area contributed by atoms with Crippen molar-refractivity contribution in [3.63, 3.8) is 0 Å². The summed E-state index contributed by atoms with van der Waals surface area (Å²) in [5, 5.41) is 10.4. The van der Waals surface area contributed by atoms with E-state index in [-0.39, 0.29) is 46.6 Å². The maximum absolute atomic E-state index is 10.4. The number of para-hydroxylation sites is 1. The van der Waals surface area contributed by atoms with Gasteiger partial charge in [0.25, 0.3) is 5.69 Å². The first-order valence-corrected chi connectivity index (χ1v) is 4.64. The van der Waals surface area contributed by atoms with E-state index in [1.165, 1.54) is 18.2 Å². The third-order valence-electron chi connectivity index (χ3n) is 1.46. The number of nitro benzene ring substituents is 1. The Morgan fingerprint density at radius 2 is 1.93 bits per heavy atom. The van der Waals surface area contributed by atoms with Crippen molar-refractivity contribution < 1.29 is 43.2 Å². The fourth-order valence-corrected chi connectivity index (χ4v) is 1.44. The number of hydrogen-bond donors (Lipinski definition) is 0.